The Morgan fingerprint density at radius 3 is 2.51 bits per heavy atom. The van der Waals surface area contributed by atoms with E-state index in [1.54, 1.807) is 35.2 Å². The van der Waals surface area contributed by atoms with Crippen LogP contribution in [0.2, 0.25) is 10.0 Å². The summed E-state index contributed by atoms with van der Waals surface area (Å²) in [6, 6.07) is 26.1. The summed E-state index contributed by atoms with van der Waals surface area (Å²) < 4.78 is 11.8. The molecule has 4 aromatic rings. The van der Waals surface area contributed by atoms with Gasteiger partial charge in [0.05, 0.1) is 23.0 Å². The third-order valence-corrected chi connectivity index (χ3v) is 6.14. The van der Waals surface area contributed by atoms with Gasteiger partial charge in [0.1, 0.15) is 17.3 Å². The topological polar surface area (TPSA) is 42.7 Å². The Hall–Kier alpha value is -3.73. The Bertz CT molecular complexity index is 1450. The minimum absolute atomic E-state index is 0.172. The maximum atomic E-state index is 13.7. The van der Waals surface area contributed by atoms with Crippen molar-refractivity contribution in [2.75, 3.05) is 11.5 Å². The lowest BCUT2D eigenvalue weighted by atomic mass is 10.1. The van der Waals surface area contributed by atoms with Crippen LogP contribution < -0.4 is 9.64 Å². The van der Waals surface area contributed by atoms with Crippen molar-refractivity contribution in [2.24, 2.45) is 0 Å². The molecular formula is C29H21Cl2NO3. The number of hydrogen-bond acceptors (Lipinski definition) is 3. The van der Waals surface area contributed by atoms with Crippen molar-refractivity contribution < 1.29 is 13.9 Å². The summed E-state index contributed by atoms with van der Waals surface area (Å²) in [6.45, 7) is 2.41. The van der Waals surface area contributed by atoms with Gasteiger partial charge < -0.3 is 9.15 Å². The van der Waals surface area contributed by atoms with Gasteiger partial charge in [0.2, 0.25) is 0 Å². The Kier molecular flexibility index (Phi) is 6.49. The number of nitrogens with zero attached hydrogens (tertiary/aromatic N) is 1. The molecule has 3 aromatic carbocycles. The smallest absolute Gasteiger partial charge is 0.263 e. The average Bonchev–Trinajstić information content (AvgIpc) is 3.47. The van der Waals surface area contributed by atoms with Gasteiger partial charge in [-0.25, -0.2) is 0 Å². The molecule has 35 heavy (non-hydrogen) atoms. The number of rotatable bonds is 6. The molecule has 1 aliphatic heterocycles. The molecule has 0 fully saturated rings. The summed E-state index contributed by atoms with van der Waals surface area (Å²) in [6.07, 6.45) is 3.60. The van der Waals surface area contributed by atoms with E-state index in [9.17, 15) is 4.79 Å². The van der Waals surface area contributed by atoms with Gasteiger partial charge in [-0.1, -0.05) is 65.7 Å². The highest BCUT2D eigenvalue weighted by molar-refractivity contribution is 6.35. The molecule has 0 saturated carbocycles. The predicted octanol–water partition coefficient (Wildman–Crippen LogP) is 8.12. The number of halogens is 2. The number of furan rings is 1. The van der Waals surface area contributed by atoms with Gasteiger partial charge in [0.15, 0.2) is 0 Å². The van der Waals surface area contributed by atoms with Gasteiger partial charge in [-0.15, -0.1) is 0 Å². The first kappa shape index (κ1) is 23.0. The molecule has 4 nitrogen and oxygen atoms in total. The van der Waals surface area contributed by atoms with Crippen LogP contribution in [-0.2, 0) is 4.79 Å². The lowest BCUT2D eigenvalue weighted by Crippen LogP contribution is -2.25. The minimum atomic E-state index is -0.172. The zero-order chi connectivity index (χ0) is 24.4. The number of hydrogen-bond donors (Lipinski definition) is 0. The Morgan fingerprint density at radius 2 is 1.71 bits per heavy atom. The molecule has 0 atom stereocenters. The molecule has 0 unspecified atom stereocenters. The standard InChI is InChI=1S/C29H21Cl2NO3/c1-2-34-28-11-7-6-10-25(28)32-26(19-8-4-3-5-9-19)17-20(29(32)33)16-22-13-15-27(35-22)23-18-21(30)12-14-24(23)31/h3-18H,2H2,1H3/b20-16+. The van der Waals surface area contributed by atoms with Crippen molar-refractivity contribution in [2.45, 2.75) is 6.92 Å². The zero-order valence-electron chi connectivity index (χ0n) is 18.9. The first-order valence-corrected chi connectivity index (χ1v) is 11.9. The third-order valence-electron chi connectivity index (χ3n) is 5.58. The Morgan fingerprint density at radius 1 is 0.943 bits per heavy atom. The van der Waals surface area contributed by atoms with Crippen molar-refractivity contribution in [3.63, 3.8) is 0 Å². The maximum Gasteiger partial charge on any atom is 0.263 e. The van der Waals surface area contributed by atoms with Gasteiger partial charge in [-0.2, -0.15) is 0 Å². The number of benzene rings is 3. The quantitative estimate of drug-likeness (QED) is 0.250. The highest BCUT2D eigenvalue weighted by atomic mass is 35.5. The van der Waals surface area contributed by atoms with E-state index in [-0.39, 0.29) is 5.91 Å². The SMILES string of the molecule is CCOc1ccccc1N1C(=O)/C(=C/c2ccc(-c3cc(Cl)ccc3Cl)o2)C=C1c1ccccc1. The van der Waals surface area contributed by atoms with Crippen molar-refractivity contribution in [3.8, 4) is 17.1 Å². The van der Waals surface area contributed by atoms with E-state index >= 15 is 0 Å². The van der Waals surface area contributed by atoms with E-state index in [0.29, 0.717) is 50.7 Å². The van der Waals surface area contributed by atoms with Crippen molar-refractivity contribution in [1.82, 2.24) is 0 Å². The van der Waals surface area contributed by atoms with Crippen LogP contribution in [0.3, 0.4) is 0 Å². The number of para-hydroxylation sites is 2. The molecule has 0 saturated heterocycles. The summed E-state index contributed by atoms with van der Waals surface area (Å²) in [5.74, 6) is 1.57. The van der Waals surface area contributed by atoms with Gasteiger partial charge >= 0.3 is 0 Å². The Balaban J connectivity index is 1.57. The summed E-state index contributed by atoms with van der Waals surface area (Å²) >= 11 is 12.5. The summed E-state index contributed by atoms with van der Waals surface area (Å²) in [7, 11) is 0. The maximum absolute atomic E-state index is 13.7. The van der Waals surface area contributed by atoms with Crippen LogP contribution in [0.5, 0.6) is 5.75 Å². The molecule has 6 heteroatoms. The van der Waals surface area contributed by atoms with Gasteiger partial charge in [0.25, 0.3) is 5.91 Å². The molecular weight excluding hydrogens is 481 g/mol. The van der Waals surface area contributed by atoms with Crippen LogP contribution in [0, 0.1) is 0 Å². The van der Waals surface area contributed by atoms with E-state index in [0.717, 1.165) is 11.3 Å². The van der Waals surface area contributed by atoms with Gasteiger partial charge in [0, 0.05) is 16.2 Å². The van der Waals surface area contributed by atoms with E-state index in [1.807, 2.05) is 73.7 Å². The fraction of sp³-hybridized carbons (Fsp3) is 0.0690. The van der Waals surface area contributed by atoms with Crippen molar-refractivity contribution in [3.05, 3.63) is 118 Å². The number of amides is 1. The second-order valence-electron chi connectivity index (χ2n) is 7.86. The number of carbonyl (C=O) groups excluding carboxylic acids is 1. The third kappa shape index (κ3) is 4.63. The number of anilines is 1. The van der Waals surface area contributed by atoms with Crippen molar-refractivity contribution in [1.29, 1.82) is 0 Å². The monoisotopic (exact) mass is 501 g/mol. The van der Waals surface area contributed by atoms with Crippen molar-refractivity contribution >= 4 is 46.6 Å². The van der Waals surface area contributed by atoms with Gasteiger partial charge in [-0.05, 0) is 67.1 Å². The molecule has 0 bridgehead atoms. The molecule has 0 N–H and O–H groups in total. The first-order valence-electron chi connectivity index (χ1n) is 11.2. The molecule has 5 rings (SSSR count). The zero-order valence-corrected chi connectivity index (χ0v) is 20.4. The summed E-state index contributed by atoms with van der Waals surface area (Å²) in [5.41, 5.74) is 3.55. The molecule has 0 radical (unpaired) electrons. The van der Waals surface area contributed by atoms with E-state index in [4.69, 9.17) is 32.4 Å². The predicted molar refractivity (Wildman–Crippen MR) is 142 cm³/mol. The highest BCUT2D eigenvalue weighted by Crippen LogP contribution is 2.40. The molecule has 0 spiro atoms. The lowest BCUT2D eigenvalue weighted by molar-refractivity contribution is -0.113. The van der Waals surface area contributed by atoms with Crippen LogP contribution in [0.15, 0.2) is 101 Å². The molecule has 174 valence electrons. The second-order valence-corrected chi connectivity index (χ2v) is 8.71. The van der Waals surface area contributed by atoms with Crippen LogP contribution in [0.1, 0.15) is 18.2 Å². The second kappa shape index (κ2) is 9.87. The summed E-state index contributed by atoms with van der Waals surface area (Å²) in [5, 5.41) is 1.09. The number of carbonyl (C=O) groups is 1. The fourth-order valence-electron chi connectivity index (χ4n) is 4.01. The first-order chi connectivity index (χ1) is 17.0. The van der Waals surface area contributed by atoms with Crippen LogP contribution in [0.25, 0.3) is 23.1 Å². The fourth-order valence-corrected chi connectivity index (χ4v) is 4.39. The minimum Gasteiger partial charge on any atom is -0.492 e. The Labute approximate surface area is 213 Å². The number of ether oxygens (including phenoxy) is 1. The molecule has 2 heterocycles. The normalized spacial score (nSPS) is 14.5. The van der Waals surface area contributed by atoms with E-state index in [2.05, 4.69) is 0 Å². The van der Waals surface area contributed by atoms with Gasteiger partial charge in [-0.3, -0.25) is 9.69 Å². The van der Waals surface area contributed by atoms with Crippen LogP contribution >= 0.6 is 23.2 Å². The van der Waals surface area contributed by atoms with E-state index < -0.39 is 0 Å². The van der Waals surface area contributed by atoms with Crippen LogP contribution in [0.4, 0.5) is 5.69 Å². The molecule has 1 aromatic heterocycles. The highest BCUT2D eigenvalue weighted by Gasteiger charge is 2.32. The average molecular weight is 502 g/mol. The van der Waals surface area contributed by atoms with E-state index in [1.165, 1.54) is 0 Å². The molecule has 1 aliphatic rings. The largest absolute Gasteiger partial charge is 0.492 e. The summed E-state index contributed by atoms with van der Waals surface area (Å²) in [4.78, 5) is 15.4. The molecule has 1 amide bonds. The molecule has 0 aliphatic carbocycles. The van der Waals surface area contributed by atoms with Crippen LogP contribution in [-0.4, -0.2) is 12.5 Å². The lowest BCUT2D eigenvalue weighted by Gasteiger charge is -2.23.